The Kier molecular flexibility index (Phi) is 88.6. The zero-order chi connectivity index (χ0) is 86.5. The van der Waals surface area contributed by atoms with Crippen LogP contribution in [0.25, 0.3) is 0 Å². The number of allylic oxidation sites excluding steroid dienone is 26. The smallest absolute Gasteiger partial charge is 0.463 e. The van der Waals surface area contributed by atoms with Crippen LogP contribution < -0.4 is 0 Å². The molecule has 0 spiro atoms. The Morgan fingerprint density at radius 1 is 0.244 bits per heavy atom. The van der Waals surface area contributed by atoms with Crippen LogP contribution >= 0.6 is 15.6 Å². The van der Waals surface area contributed by atoms with Crippen LogP contribution in [0.1, 0.15) is 406 Å². The van der Waals surface area contributed by atoms with E-state index < -0.39 is 91.5 Å². The molecule has 0 aliphatic rings. The number of carbonyl (C=O) groups excluding carboxylic acids is 3. The van der Waals surface area contributed by atoms with Crippen molar-refractivity contribution in [3.8, 4) is 0 Å². The highest BCUT2D eigenvalue weighted by Crippen LogP contribution is 2.45. The maximum Gasteiger partial charge on any atom is 0.472 e. The lowest BCUT2D eigenvalue weighted by Crippen LogP contribution is -2.30. The van der Waals surface area contributed by atoms with Gasteiger partial charge < -0.3 is 34.2 Å². The van der Waals surface area contributed by atoms with Gasteiger partial charge in [-0.15, -0.1) is 0 Å². The van der Waals surface area contributed by atoms with E-state index in [-0.39, 0.29) is 19.3 Å². The number of carbonyl (C=O) groups is 3. The predicted octanol–water partition coefficient (Wildman–Crippen LogP) is 29.7. The number of ether oxygens (including phenoxy) is 3. The molecule has 0 amide bonds. The van der Waals surface area contributed by atoms with Crippen LogP contribution in [-0.4, -0.2) is 95.9 Å². The van der Waals surface area contributed by atoms with Crippen molar-refractivity contribution in [2.45, 2.75) is 424 Å². The Balaban J connectivity index is 4.58. The van der Waals surface area contributed by atoms with E-state index in [1.54, 1.807) is 0 Å². The lowest BCUT2D eigenvalue weighted by atomic mass is 10.0. The molecule has 0 rings (SSSR count). The van der Waals surface area contributed by atoms with E-state index in [4.69, 9.17) is 32.3 Å². The molecule has 684 valence electrons. The molecule has 0 aromatic rings. The summed E-state index contributed by atoms with van der Waals surface area (Å²) in [7, 11) is -9.82. The molecule has 0 saturated heterocycles. The average Bonchev–Trinajstić information content (AvgIpc) is 0.903. The molecule has 16 nitrogen and oxygen atoms in total. The molecule has 0 fully saturated rings. The third-order valence-corrected chi connectivity index (χ3v) is 22.1. The Labute approximate surface area is 727 Å². The summed E-state index contributed by atoms with van der Waals surface area (Å²) in [5, 5.41) is 20.7. The molecular weight excluding hydrogens is 1530 g/mol. The minimum absolute atomic E-state index is 0.0794. The topological polar surface area (TPSA) is 231 Å². The Morgan fingerprint density at radius 2 is 0.445 bits per heavy atom. The number of hydrogen-bond donors (Lipinski definition) is 4. The van der Waals surface area contributed by atoms with E-state index in [1.807, 2.05) is 0 Å². The normalized spacial score (nSPS) is 14.4. The SMILES string of the molecule is CC/C=C\C/C=C\C/C=C\C/C=C\C/C=C\CCCCCCCC(=O)OC(COC(=O)CCCCCCCCCCCCCCCCC/C=C\C/C=C\C/C=C\C/C=C\CCCCC)COP(=O)(O)OCC(O)COP(=O)(O)OCC(O)COC(=O)CCCCCCCCCCCCCCCCC/C=C\C/C=C\C/C=C\C/C=C\CCCCC. The summed E-state index contributed by atoms with van der Waals surface area (Å²) in [5.74, 6) is -1.59. The molecule has 18 heteroatoms. The van der Waals surface area contributed by atoms with Crippen LogP contribution in [0.4, 0.5) is 0 Å². The maximum absolute atomic E-state index is 13.1. The van der Waals surface area contributed by atoms with E-state index in [1.165, 1.54) is 205 Å². The molecule has 0 aliphatic carbocycles. The number of phosphoric acid groups is 2. The van der Waals surface area contributed by atoms with Crippen molar-refractivity contribution in [1.29, 1.82) is 0 Å². The Morgan fingerprint density at radius 3 is 0.706 bits per heavy atom. The standard InChI is InChI=1S/C101H174O16P2/c1-4-7-10-13-16-19-22-25-28-31-34-37-39-41-43-45-47-49-51-53-55-58-60-63-66-69-72-75-78-81-84-87-99(104)111-90-96(102)91-113-118(107,108)114-92-97(103)93-115-119(109,110)116-95-98(117-101(106)89-86-83-80-77-74-71-68-65-62-57-36-33-30-27-24-21-18-15-12-9-6-3)94-112-100(105)88-85-82-79-76-73-70-67-64-61-59-56-54-52-50-48-46-44-42-40-38-35-32-29-26-23-20-17-14-11-8-5-2/h9,12,16-21,25-30,34-38,41-44,57,65,68,96-98,102-103H,4-8,10-11,13-15,22-24,31-33,39-40,45-56,58-64,66-67,69-95H2,1-3H3,(H,107,108)(H,109,110)/b12-9-,19-16-,20-17-,21-18-,28-25-,29-26-,30-27-,37-34-,38-35-,43-41-,44-42-,57-36-,68-65-. The van der Waals surface area contributed by atoms with Crippen LogP contribution in [-0.2, 0) is 55.8 Å². The Bertz CT molecular complexity index is 2790. The largest absolute Gasteiger partial charge is 0.472 e. The zero-order valence-corrected chi connectivity index (χ0v) is 77.3. The van der Waals surface area contributed by atoms with Gasteiger partial charge in [0.2, 0.25) is 0 Å². The van der Waals surface area contributed by atoms with Crippen LogP contribution in [0, 0.1) is 0 Å². The number of hydrogen-bond acceptors (Lipinski definition) is 14. The van der Waals surface area contributed by atoms with Gasteiger partial charge in [-0.05, 0) is 154 Å². The fraction of sp³-hybridized carbons (Fsp3) is 0.713. The molecule has 5 unspecified atom stereocenters. The minimum Gasteiger partial charge on any atom is -0.463 e. The van der Waals surface area contributed by atoms with Gasteiger partial charge in [-0.2, -0.15) is 0 Å². The highest BCUT2D eigenvalue weighted by Gasteiger charge is 2.30. The molecule has 0 radical (unpaired) electrons. The van der Waals surface area contributed by atoms with Crippen molar-refractivity contribution in [3.63, 3.8) is 0 Å². The van der Waals surface area contributed by atoms with Gasteiger partial charge in [0.1, 0.15) is 25.4 Å². The van der Waals surface area contributed by atoms with Gasteiger partial charge in [-0.3, -0.25) is 32.5 Å². The molecular formula is C101H174O16P2. The fourth-order valence-electron chi connectivity index (χ4n) is 13.0. The highest BCUT2D eigenvalue weighted by molar-refractivity contribution is 7.47. The molecule has 0 aliphatic heterocycles. The first-order valence-corrected chi connectivity index (χ1v) is 50.8. The van der Waals surface area contributed by atoms with E-state index in [2.05, 4.69) is 179 Å². The second-order valence-corrected chi connectivity index (χ2v) is 34.7. The number of aliphatic hydroxyl groups is 2. The molecule has 0 heterocycles. The van der Waals surface area contributed by atoms with Crippen LogP contribution in [0.15, 0.2) is 158 Å². The quantitative estimate of drug-likeness (QED) is 0.0146. The first-order chi connectivity index (χ1) is 58.2. The predicted molar refractivity (Wildman–Crippen MR) is 500 cm³/mol. The summed E-state index contributed by atoms with van der Waals surface area (Å²) in [6.45, 7) is 2.54. The number of aliphatic hydroxyl groups excluding tert-OH is 2. The van der Waals surface area contributed by atoms with Crippen molar-refractivity contribution >= 4 is 33.6 Å². The lowest BCUT2D eigenvalue weighted by Gasteiger charge is -2.21. The summed E-state index contributed by atoms with van der Waals surface area (Å²) in [4.78, 5) is 59.1. The second-order valence-electron chi connectivity index (χ2n) is 31.8. The van der Waals surface area contributed by atoms with Crippen molar-refractivity contribution in [2.75, 3.05) is 39.6 Å². The van der Waals surface area contributed by atoms with E-state index >= 15 is 0 Å². The third kappa shape index (κ3) is 93.7. The van der Waals surface area contributed by atoms with Crippen LogP contribution in [0.2, 0.25) is 0 Å². The van der Waals surface area contributed by atoms with Gasteiger partial charge in [0.05, 0.1) is 26.4 Å². The summed E-state index contributed by atoms with van der Waals surface area (Å²) >= 11 is 0. The van der Waals surface area contributed by atoms with Crippen molar-refractivity contribution in [1.82, 2.24) is 0 Å². The molecule has 0 saturated carbocycles. The highest BCUT2D eigenvalue weighted by atomic mass is 31.2. The molecule has 4 N–H and O–H groups in total. The monoisotopic (exact) mass is 1710 g/mol. The average molecular weight is 1710 g/mol. The molecule has 5 atom stereocenters. The summed E-state index contributed by atoms with van der Waals surface area (Å²) < 4.78 is 61.5. The van der Waals surface area contributed by atoms with Gasteiger partial charge in [-0.25, -0.2) is 9.13 Å². The van der Waals surface area contributed by atoms with Crippen molar-refractivity contribution < 1.29 is 75.8 Å². The minimum atomic E-state index is -4.95. The van der Waals surface area contributed by atoms with Gasteiger partial charge in [0, 0.05) is 19.3 Å². The van der Waals surface area contributed by atoms with Crippen LogP contribution in [0.3, 0.4) is 0 Å². The molecule has 0 aromatic heterocycles. The van der Waals surface area contributed by atoms with Crippen molar-refractivity contribution in [2.24, 2.45) is 0 Å². The van der Waals surface area contributed by atoms with Gasteiger partial charge in [-0.1, -0.05) is 391 Å². The number of rotatable bonds is 90. The van der Waals surface area contributed by atoms with E-state index in [0.29, 0.717) is 19.3 Å². The summed E-state index contributed by atoms with van der Waals surface area (Å²) in [5.41, 5.74) is 0. The fourth-order valence-corrected chi connectivity index (χ4v) is 14.6. The number of unbranched alkanes of at least 4 members (excludes halogenated alkanes) is 41. The van der Waals surface area contributed by atoms with Gasteiger partial charge in [0.15, 0.2) is 6.10 Å². The van der Waals surface area contributed by atoms with Gasteiger partial charge >= 0.3 is 33.6 Å². The summed E-state index contributed by atoms with van der Waals surface area (Å²) in [6.07, 6.45) is 119. The molecule has 0 aromatic carbocycles. The summed E-state index contributed by atoms with van der Waals surface area (Å²) in [6, 6.07) is 0. The first kappa shape index (κ1) is 114. The number of esters is 3. The van der Waals surface area contributed by atoms with Gasteiger partial charge in [0.25, 0.3) is 0 Å². The Hall–Kier alpha value is -4.83. The zero-order valence-electron chi connectivity index (χ0n) is 75.5. The lowest BCUT2D eigenvalue weighted by molar-refractivity contribution is -0.161. The second kappa shape index (κ2) is 92.4. The van der Waals surface area contributed by atoms with Crippen molar-refractivity contribution in [3.05, 3.63) is 158 Å². The van der Waals surface area contributed by atoms with E-state index in [0.717, 1.165) is 141 Å². The van der Waals surface area contributed by atoms with Crippen LogP contribution in [0.5, 0.6) is 0 Å². The number of phosphoric ester groups is 2. The molecule has 119 heavy (non-hydrogen) atoms. The third-order valence-electron chi connectivity index (χ3n) is 20.2. The van der Waals surface area contributed by atoms with E-state index in [9.17, 15) is 43.5 Å². The molecule has 0 bridgehead atoms. The first-order valence-electron chi connectivity index (χ1n) is 47.8. The maximum atomic E-state index is 13.1.